The number of hydrogen-bond acceptors (Lipinski definition) is 7. The van der Waals surface area contributed by atoms with E-state index in [1.54, 1.807) is 0 Å². The lowest BCUT2D eigenvalue weighted by molar-refractivity contribution is 0.444. The SMILES string of the molecule is c1ccc(-c2nc3c(N(c4ccccc4)c4ccc(-n5c6ccc(C7CCCCC7)cc6c6cc(C7CCCCC7)ccc65)cc4)c4nsnc4c(N(c4ccccc4)c4ccc(-n5c6ccc(C7CCCCC7)cc6c6cc(C7CCCCC7)ccc65)cc4)c3nc2-c2ccccc2)cc1. The van der Waals surface area contributed by atoms with Crippen LogP contribution in [-0.4, -0.2) is 27.8 Å². The molecule has 4 heterocycles. The number of rotatable bonds is 14. The van der Waals surface area contributed by atoms with Crippen LogP contribution in [0.4, 0.5) is 34.1 Å². The molecule has 11 aromatic carbocycles. The van der Waals surface area contributed by atoms with Gasteiger partial charge in [0.2, 0.25) is 0 Å². The molecule has 0 aliphatic heterocycles. The van der Waals surface area contributed by atoms with Gasteiger partial charge in [0.1, 0.15) is 33.4 Å². The molecule has 0 N–H and O–H groups in total. The third kappa shape index (κ3) is 11.3. The zero-order valence-corrected chi connectivity index (χ0v) is 58.3. The fraction of sp³-hybridized carbons (Fsp3) is 0.261. The quantitative estimate of drug-likeness (QED) is 0.101. The van der Waals surface area contributed by atoms with E-state index in [0.717, 1.165) is 79.0 Å². The summed E-state index contributed by atoms with van der Waals surface area (Å²) in [6, 6.07) is 90.8. The molecule has 0 unspecified atom stereocenters. The van der Waals surface area contributed by atoms with Crippen LogP contribution in [0, 0.1) is 0 Å². The Morgan fingerprint density at radius 3 is 0.851 bits per heavy atom. The zero-order valence-electron chi connectivity index (χ0n) is 57.5. The first kappa shape index (κ1) is 61.8. The van der Waals surface area contributed by atoms with Crippen LogP contribution in [-0.2, 0) is 0 Å². The van der Waals surface area contributed by atoms with Crippen molar-refractivity contribution in [2.75, 3.05) is 9.80 Å². The Bertz CT molecular complexity index is 5010. The first-order chi connectivity index (χ1) is 50.1. The topological polar surface area (TPSA) is 67.9 Å². The molecule has 0 spiro atoms. The van der Waals surface area contributed by atoms with E-state index in [1.165, 1.54) is 206 Å². The summed E-state index contributed by atoms with van der Waals surface area (Å²) >= 11 is 1.24. The van der Waals surface area contributed by atoms with Gasteiger partial charge >= 0.3 is 0 Å². The van der Waals surface area contributed by atoms with E-state index in [4.69, 9.17) is 18.7 Å². The van der Waals surface area contributed by atoms with Crippen LogP contribution < -0.4 is 9.80 Å². The average molecular weight is 1330 g/mol. The maximum absolute atomic E-state index is 6.04. The molecular formula is C92H84N8S. The van der Waals surface area contributed by atoms with Gasteiger partial charge in [-0.05, 0) is 219 Å². The highest BCUT2D eigenvalue weighted by atomic mass is 32.1. The maximum Gasteiger partial charge on any atom is 0.133 e. The van der Waals surface area contributed by atoms with E-state index < -0.39 is 0 Å². The number of aromatic nitrogens is 6. The summed E-state index contributed by atoms with van der Waals surface area (Å²) in [5.74, 6) is 2.46. The third-order valence-corrected chi connectivity index (χ3v) is 24.0. The number of anilines is 6. The highest BCUT2D eigenvalue weighted by Gasteiger charge is 2.33. The van der Waals surface area contributed by atoms with Crippen molar-refractivity contribution in [3.63, 3.8) is 0 Å². The minimum atomic E-state index is 0.615. The molecule has 4 aliphatic carbocycles. The van der Waals surface area contributed by atoms with E-state index in [2.05, 4.69) is 262 Å². The molecule has 4 aromatic heterocycles. The highest BCUT2D eigenvalue weighted by Crippen LogP contribution is 2.52. The molecule has 498 valence electrons. The number of fused-ring (bicyclic) bond motifs is 8. The van der Waals surface area contributed by atoms with Gasteiger partial charge in [-0.2, -0.15) is 8.75 Å². The number of para-hydroxylation sites is 2. The lowest BCUT2D eigenvalue weighted by Gasteiger charge is -2.30. The first-order valence-corrected chi connectivity index (χ1v) is 38.5. The lowest BCUT2D eigenvalue weighted by atomic mass is 9.83. The van der Waals surface area contributed by atoms with Gasteiger partial charge in [0.05, 0.1) is 45.2 Å². The standard InChI is InChI=1S/C92H84N8S/c1-9-25-61(26-10-1)67-41-53-81-77(57-67)78-58-68(62-27-11-2-12-28-62)42-54-82(78)99(81)75-49-45-73(46-50-75)97(71-37-21-7-22-38-71)91-87-88(94-86(66-35-19-6-20-36-66)85(93-87)65-33-17-5-18-34-65)92(90-89(91)95-101-96-90)98(72-39-23-8-24-40-72)74-47-51-76(52-48-74)100-83-55-43-69(63-29-13-3-14-30-63)59-79(83)80-60-70(44-56-84(80)100)64-31-15-4-16-32-64/h5-8,17-24,33-64H,1-4,9-16,25-32H2. The van der Waals surface area contributed by atoms with Gasteiger partial charge in [-0.1, -0.05) is 198 Å². The van der Waals surface area contributed by atoms with Gasteiger partial charge < -0.3 is 18.9 Å². The molecule has 0 bridgehead atoms. The van der Waals surface area contributed by atoms with E-state index in [9.17, 15) is 0 Å². The molecule has 4 fully saturated rings. The summed E-state index contributed by atoms with van der Waals surface area (Å²) in [4.78, 5) is 16.8. The van der Waals surface area contributed by atoms with Gasteiger partial charge in [0, 0.05) is 66.8 Å². The second-order valence-electron chi connectivity index (χ2n) is 29.5. The van der Waals surface area contributed by atoms with Crippen LogP contribution in [0.1, 0.15) is 174 Å². The Kier molecular flexibility index (Phi) is 16.4. The monoisotopic (exact) mass is 1330 g/mol. The highest BCUT2D eigenvalue weighted by molar-refractivity contribution is 7.00. The van der Waals surface area contributed by atoms with Gasteiger partial charge in [-0.25, -0.2) is 9.97 Å². The largest absolute Gasteiger partial charge is 0.309 e. The Morgan fingerprint density at radius 2 is 0.554 bits per heavy atom. The Hall–Kier alpha value is -10.2. The van der Waals surface area contributed by atoms with Crippen molar-refractivity contribution in [3.8, 4) is 33.9 Å². The van der Waals surface area contributed by atoms with Crippen LogP contribution in [0.3, 0.4) is 0 Å². The Labute approximate surface area is 596 Å². The second kappa shape index (κ2) is 26.7. The molecule has 4 aliphatic rings. The Balaban J connectivity index is 0.801. The molecule has 9 heteroatoms. The van der Waals surface area contributed by atoms with Crippen LogP contribution in [0.15, 0.2) is 243 Å². The predicted molar refractivity (Wildman–Crippen MR) is 423 cm³/mol. The minimum Gasteiger partial charge on any atom is -0.309 e. The molecule has 0 radical (unpaired) electrons. The normalized spacial score (nSPS) is 16.2. The number of benzene rings is 11. The lowest BCUT2D eigenvalue weighted by Crippen LogP contribution is -2.16. The molecule has 19 rings (SSSR count). The molecule has 15 aromatic rings. The predicted octanol–water partition coefficient (Wildman–Crippen LogP) is 26.3. The van der Waals surface area contributed by atoms with Crippen LogP contribution >= 0.6 is 11.7 Å². The number of hydrogen-bond donors (Lipinski definition) is 0. The van der Waals surface area contributed by atoms with E-state index in [-0.39, 0.29) is 0 Å². The summed E-state index contributed by atoms with van der Waals surface area (Å²) in [6.45, 7) is 0. The second-order valence-corrected chi connectivity index (χ2v) is 30.0. The van der Waals surface area contributed by atoms with Crippen molar-refractivity contribution in [1.82, 2.24) is 27.8 Å². The third-order valence-electron chi connectivity index (χ3n) is 23.5. The van der Waals surface area contributed by atoms with Crippen LogP contribution in [0.2, 0.25) is 0 Å². The first-order valence-electron chi connectivity index (χ1n) is 37.8. The van der Waals surface area contributed by atoms with E-state index in [0.29, 0.717) is 34.7 Å². The summed E-state index contributed by atoms with van der Waals surface area (Å²) in [5, 5.41) is 5.44. The van der Waals surface area contributed by atoms with Crippen molar-refractivity contribution in [2.45, 2.75) is 152 Å². The smallest absolute Gasteiger partial charge is 0.133 e. The van der Waals surface area contributed by atoms with Crippen LogP contribution in [0.25, 0.3) is 99.6 Å². The summed E-state index contributed by atoms with van der Waals surface area (Å²) in [6.07, 6.45) is 26.1. The van der Waals surface area contributed by atoms with Crippen molar-refractivity contribution >= 4 is 112 Å². The number of nitrogens with zero attached hydrogens (tertiary/aromatic N) is 8. The van der Waals surface area contributed by atoms with Gasteiger partial charge in [0.25, 0.3) is 0 Å². The maximum atomic E-state index is 6.04. The van der Waals surface area contributed by atoms with Crippen molar-refractivity contribution in [3.05, 3.63) is 265 Å². The summed E-state index contributed by atoms with van der Waals surface area (Å²) < 4.78 is 15.9. The molecule has 4 saturated carbocycles. The molecular weight excluding hydrogens is 1250 g/mol. The Morgan fingerprint density at radius 1 is 0.277 bits per heavy atom. The van der Waals surface area contributed by atoms with Gasteiger partial charge in [0.15, 0.2) is 0 Å². The molecule has 8 nitrogen and oxygen atoms in total. The van der Waals surface area contributed by atoms with E-state index >= 15 is 0 Å². The molecule has 0 saturated heterocycles. The average Bonchev–Trinajstić information content (AvgIpc) is 1.70. The fourth-order valence-electron chi connectivity index (χ4n) is 18.4. The van der Waals surface area contributed by atoms with Crippen LogP contribution in [0.5, 0.6) is 0 Å². The van der Waals surface area contributed by atoms with Crippen molar-refractivity contribution in [2.24, 2.45) is 0 Å². The van der Waals surface area contributed by atoms with E-state index in [1.807, 2.05) is 0 Å². The zero-order chi connectivity index (χ0) is 66.7. The summed E-state index contributed by atoms with van der Waals surface area (Å²) in [5.41, 5.74) is 25.1. The minimum absolute atomic E-state index is 0.615. The van der Waals surface area contributed by atoms with Gasteiger partial charge in [-0.3, -0.25) is 0 Å². The van der Waals surface area contributed by atoms with Crippen molar-refractivity contribution in [1.29, 1.82) is 0 Å². The fourth-order valence-corrected chi connectivity index (χ4v) is 19.0. The van der Waals surface area contributed by atoms with Crippen molar-refractivity contribution < 1.29 is 0 Å². The molecule has 0 atom stereocenters. The summed E-state index contributed by atoms with van der Waals surface area (Å²) in [7, 11) is 0. The molecule has 0 amide bonds. The molecule has 101 heavy (non-hydrogen) atoms. The van der Waals surface area contributed by atoms with Gasteiger partial charge in [-0.15, -0.1) is 0 Å².